The molecule has 3 aromatic rings. The van der Waals surface area contributed by atoms with Crippen molar-refractivity contribution in [1.29, 1.82) is 0 Å². The van der Waals surface area contributed by atoms with E-state index in [1.165, 1.54) is 19.4 Å². The predicted molar refractivity (Wildman–Crippen MR) is 183 cm³/mol. The molecule has 1 atom stereocenters. The number of ether oxygens (including phenoxy) is 3. The summed E-state index contributed by atoms with van der Waals surface area (Å²) in [5.41, 5.74) is 1.95. The number of rotatable bonds is 13. The van der Waals surface area contributed by atoms with E-state index in [1.54, 1.807) is 12.4 Å². The van der Waals surface area contributed by atoms with Gasteiger partial charge in [0.1, 0.15) is 18.1 Å². The summed E-state index contributed by atoms with van der Waals surface area (Å²) >= 11 is 0. The Morgan fingerprint density at radius 3 is 2.44 bits per heavy atom. The van der Waals surface area contributed by atoms with Crippen LogP contribution in [0.1, 0.15) is 86.3 Å². The van der Waals surface area contributed by atoms with Gasteiger partial charge in [0, 0.05) is 54.8 Å². The molecule has 4 rings (SSSR count). The number of nitrogens with one attached hydrogen (secondary N) is 1. The highest BCUT2D eigenvalue weighted by Crippen LogP contribution is 2.33. The maximum atomic E-state index is 13.8. The molecular weight excluding hydrogens is 575 g/mol. The van der Waals surface area contributed by atoms with Gasteiger partial charge in [0.2, 0.25) is 5.91 Å². The molecule has 0 radical (unpaired) electrons. The fourth-order valence-electron chi connectivity index (χ4n) is 4.59. The number of fused-ring (bicyclic) bond motifs is 1. The first-order chi connectivity index (χ1) is 21.9. The number of halogens is 1. The number of nitrogens with zero attached hydrogens (tertiary/aromatic N) is 5. The van der Waals surface area contributed by atoms with Gasteiger partial charge in [-0.3, -0.25) is 4.79 Å². The Hall–Kier alpha value is -3.41. The van der Waals surface area contributed by atoms with Gasteiger partial charge in [-0.15, -0.1) is 0 Å². The van der Waals surface area contributed by atoms with Gasteiger partial charge in [-0.05, 0) is 45.5 Å². The first-order valence-corrected chi connectivity index (χ1v) is 16.3. The van der Waals surface area contributed by atoms with Crippen LogP contribution in [0.5, 0.6) is 0 Å². The normalized spacial score (nSPS) is 14.5. The van der Waals surface area contributed by atoms with Crippen molar-refractivity contribution in [2.45, 2.75) is 80.7 Å². The Bertz CT molecular complexity index is 1280. The monoisotopic (exact) mass is 630 g/mol. The average molecular weight is 631 g/mol. The first kappa shape index (κ1) is 39.6. The number of allylic oxidation sites excluding steroid dienone is 1. The van der Waals surface area contributed by atoms with Crippen LogP contribution in [0.4, 0.5) is 10.2 Å². The summed E-state index contributed by atoms with van der Waals surface area (Å²) in [6.07, 6.45) is 9.89. The van der Waals surface area contributed by atoms with Crippen LogP contribution in [0.2, 0.25) is 0 Å². The number of aliphatic imine (C=N–C) groups is 1. The van der Waals surface area contributed by atoms with Crippen LogP contribution >= 0.6 is 0 Å². The smallest absolute Gasteiger partial charge is 0.248 e. The van der Waals surface area contributed by atoms with Crippen molar-refractivity contribution >= 4 is 35.6 Å². The second-order valence-corrected chi connectivity index (χ2v) is 9.75. The van der Waals surface area contributed by atoms with Gasteiger partial charge in [-0.25, -0.2) is 19.4 Å². The molecule has 0 bridgehead atoms. The Labute approximate surface area is 269 Å². The number of likely N-dealkylation sites (tertiary alicyclic amines) is 1. The first-order valence-electron chi connectivity index (χ1n) is 16.3. The molecular formula is C34H55FN6O4. The van der Waals surface area contributed by atoms with E-state index in [0.29, 0.717) is 68.9 Å². The number of aromatic amines is 1. The van der Waals surface area contributed by atoms with Crippen molar-refractivity contribution in [1.82, 2.24) is 24.4 Å². The van der Waals surface area contributed by atoms with Crippen LogP contribution in [0, 0.1) is 0 Å². The summed E-state index contributed by atoms with van der Waals surface area (Å²) in [7, 11) is 0. The SMILES string of the molecule is C=Nc1[nH]cc(-c2ncc3ccn([C@H]4CCCN(C(=O)COCCOCCOCC)C4)c3n2)c1/C=C(\C)F.CC.CC.CCC. The fourth-order valence-corrected chi connectivity index (χ4v) is 4.59. The number of aromatic nitrogens is 4. The molecule has 45 heavy (non-hydrogen) atoms. The highest BCUT2D eigenvalue weighted by atomic mass is 19.1. The van der Waals surface area contributed by atoms with Crippen molar-refractivity contribution in [3.8, 4) is 11.4 Å². The maximum absolute atomic E-state index is 13.8. The third-order valence-corrected chi connectivity index (χ3v) is 6.41. The van der Waals surface area contributed by atoms with Crippen LogP contribution in [0.15, 0.2) is 35.5 Å². The van der Waals surface area contributed by atoms with Crippen LogP contribution in [-0.4, -0.2) is 89.8 Å². The highest BCUT2D eigenvalue weighted by molar-refractivity contribution is 5.83. The summed E-state index contributed by atoms with van der Waals surface area (Å²) in [6.45, 7) is 22.9. The molecule has 11 heteroatoms. The molecule has 252 valence electrons. The van der Waals surface area contributed by atoms with E-state index in [9.17, 15) is 9.18 Å². The van der Waals surface area contributed by atoms with Crippen LogP contribution in [0.25, 0.3) is 28.5 Å². The third-order valence-electron chi connectivity index (χ3n) is 6.41. The van der Waals surface area contributed by atoms with E-state index in [0.717, 1.165) is 23.9 Å². The molecule has 1 amide bonds. The largest absolute Gasteiger partial charge is 0.379 e. The average Bonchev–Trinajstić information content (AvgIpc) is 3.67. The number of H-pyrrole nitrogens is 1. The number of piperidine rings is 1. The molecule has 4 heterocycles. The zero-order valence-corrected chi connectivity index (χ0v) is 28.7. The van der Waals surface area contributed by atoms with Crippen molar-refractivity contribution in [2.75, 3.05) is 52.7 Å². The van der Waals surface area contributed by atoms with Gasteiger partial charge in [0.05, 0.1) is 38.3 Å². The van der Waals surface area contributed by atoms with E-state index in [4.69, 9.17) is 19.2 Å². The van der Waals surface area contributed by atoms with E-state index in [-0.39, 0.29) is 24.4 Å². The lowest BCUT2D eigenvalue weighted by molar-refractivity contribution is -0.138. The zero-order valence-electron chi connectivity index (χ0n) is 28.7. The minimum Gasteiger partial charge on any atom is -0.379 e. The Morgan fingerprint density at radius 1 is 1.13 bits per heavy atom. The van der Waals surface area contributed by atoms with E-state index in [2.05, 4.69) is 40.1 Å². The zero-order chi connectivity index (χ0) is 33.6. The molecule has 0 aliphatic carbocycles. The summed E-state index contributed by atoms with van der Waals surface area (Å²) in [5.74, 6) is 0.518. The fraction of sp³-hybridized carbons (Fsp3) is 0.588. The van der Waals surface area contributed by atoms with Crippen molar-refractivity contribution in [3.63, 3.8) is 0 Å². The lowest BCUT2D eigenvalue weighted by Crippen LogP contribution is -2.42. The summed E-state index contributed by atoms with van der Waals surface area (Å²) in [6, 6.07) is 2.04. The minimum absolute atomic E-state index is 0.0255. The molecule has 0 unspecified atom stereocenters. The summed E-state index contributed by atoms with van der Waals surface area (Å²) in [4.78, 5) is 30.9. The van der Waals surface area contributed by atoms with E-state index >= 15 is 0 Å². The molecule has 1 saturated heterocycles. The molecule has 1 aliphatic heterocycles. The van der Waals surface area contributed by atoms with Crippen LogP contribution in [-0.2, 0) is 19.0 Å². The maximum Gasteiger partial charge on any atom is 0.248 e. The molecule has 3 aromatic heterocycles. The third kappa shape index (κ3) is 12.5. The van der Waals surface area contributed by atoms with Gasteiger partial charge >= 0.3 is 0 Å². The summed E-state index contributed by atoms with van der Waals surface area (Å²) < 4.78 is 32.0. The number of carbonyl (C=O) groups excluding carboxylic acids is 1. The van der Waals surface area contributed by atoms with Crippen LogP contribution in [0.3, 0.4) is 0 Å². The Kier molecular flexibility index (Phi) is 20.2. The van der Waals surface area contributed by atoms with Gasteiger partial charge < -0.3 is 28.7 Å². The summed E-state index contributed by atoms with van der Waals surface area (Å²) in [5, 5.41) is 0.890. The predicted octanol–water partition coefficient (Wildman–Crippen LogP) is 7.79. The van der Waals surface area contributed by atoms with Crippen LogP contribution < -0.4 is 0 Å². The minimum atomic E-state index is -0.356. The molecule has 1 aliphatic rings. The second kappa shape index (κ2) is 23.0. The van der Waals surface area contributed by atoms with Crippen molar-refractivity contribution in [3.05, 3.63) is 36.0 Å². The number of amides is 1. The van der Waals surface area contributed by atoms with Gasteiger partial charge in [0.25, 0.3) is 0 Å². The van der Waals surface area contributed by atoms with Crippen molar-refractivity contribution in [2.24, 2.45) is 4.99 Å². The molecule has 0 spiro atoms. The lowest BCUT2D eigenvalue weighted by Gasteiger charge is -2.33. The molecule has 10 nitrogen and oxygen atoms in total. The number of carbonyl (C=O) groups is 1. The lowest BCUT2D eigenvalue weighted by atomic mass is 10.1. The molecule has 0 aromatic carbocycles. The van der Waals surface area contributed by atoms with Crippen molar-refractivity contribution < 1.29 is 23.4 Å². The highest BCUT2D eigenvalue weighted by Gasteiger charge is 2.26. The standard InChI is InChI=1S/C27H35FN6O4.C3H8.2C2H6/c1-4-36-10-11-37-12-13-38-18-24(35)33-8-5-6-21(17-33)34-9-7-20-15-30-26(32-27(20)34)23-16-31-25(29-3)22(23)14-19(2)28;1-3-2;2*1-2/h7,9,14-16,21,31H,3-6,8,10-13,17-18H2,1-2H3;3H2,1-2H3;2*1-2H3/b19-14+;;;/t21-;;;/m0.../s1. The van der Waals surface area contributed by atoms with Gasteiger partial charge in [-0.1, -0.05) is 48.0 Å². The quantitative estimate of drug-likeness (QED) is 0.153. The van der Waals surface area contributed by atoms with E-state index in [1.807, 2.05) is 51.8 Å². The number of hydrogen-bond acceptors (Lipinski definition) is 7. The van der Waals surface area contributed by atoms with Gasteiger partial charge in [-0.2, -0.15) is 0 Å². The molecule has 0 saturated carbocycles. The number of hydrogen-bond donors (Lipinski definition) is 1. The molecule has 1 fully saturated rings. The Morgan fingerprint density at radius 2 is 1.80 bits per heavy atom. The topological polar surface area (TPSA) is 107 Å². The van der Waals surface area contributed by atoms with E-state index < -0.39 is 0 Å². The second-order valence-electron chi connectivity index (χ2n) is 9.75. The van der Waals surface area contributed by atoms with Gasteiger partial charge in [0.15, 0.2) is 5.82 Å². The Balaban J connectivity index is 0.00000134. The molecule has 1 N–H and O–H groups in total.